The molecule has 20 heavy (non-hydrogen) atoms. The van der Waals surface area contributed by atoms with E-state index in [1.165, 1.54) is 0 Å². The molecule has 0 aliphatic carbocycles. The highest BCUT2D eigenvalue weighted by atomic mass is 16.5. The van der Waals surface area contributed by atoms with E-state index in [9.17, 15) is 0 Å². The lowest BCUT2D eigenvalue weighted by Gasteiger charge is -2.08. The molecule has 9 nitrogen and oxygen atoms in total. The van der Waals surface area contributed by atoms with Crippen molar-refractivity contribution in [2.24, 2.45) is 5.84 Å². The summed E-state index contributed by atoms with van der Waals surface area (Å²) in [6, 6.07) is 0. The van der Waals surface area contributed by atoms with Crippen LogP contribution in [0.2, 0.25) is 0 Å². The van der Waals surface area contributed by atoms with Gasteiger partial charge in [-0.25, -0.2) is 15.8 Å². The number of aryl methyl sites for hydroxylation is 1. The number of nitrogens with one attached hydrogen (secondary N) is 2. The van der Waals surface area contributed by atoms with E-state index in [4.69, 9.17) is 10.4 Å². The van der Waals surface area contributed by atoms with Crippen LogP contribution in [0, 0.1) is 6.92 Å². The molecule has 0 aliphatic rings. The van der Waals surface area contributed by atoms with E-state index in [1.54, 1.807) is 19.3 Å². The number of aromatic nitrogens is 5. The van der Waals surface area contributed by atoms with Crippen LogP contribution in [0.4, 0.5) is 11.6 Å². The van der Waals surface area contributed by atoms with Crippen molar-refractivity contribution in [3.05, 3.63) is 30.3 Å². The SMILES string of the molecule is Cc1nc(CCNc2nc(NN)cn3ccnc23)no1. The molecule has 4 N–H and O–H groups in total. The van der Waals surface area contributed by atoms with Gasteiger partial charge in [-0.05, 0) is 0 Å². The van der Waals surface area contributed by atoms with E-state index in [0.29, 0.717) is 36.3 Å². The molecule has 0 radical (unpaired) electrons. The van der Waals surface area contributed by atoms with Crippen molar-refractivity contribution in [3.63, 3.8) is 0 Å². The van der Waals surface area contributed by atoms with Crippen molar-refractivity contribution < 1.29 is 4.52 Å². The maximum absolute atomic E-state index is 5.39. The van der Waals surface area contributed by atoms with Crippen molar-refractivity contribution >= 4 is 17.3 Å². The Bertz CT molecular complexity index is 718. The molecule has 0 unspecified atom stereocenters. The number of hydrogen-bond donors (Lipinski definition) is 3. The normalized spacial score (nSPS) is 10.9. The van der Waals surface area contributed by atoms with Gasteiger partial charge in [0.15, 0.2) is 23.1 Å². The fourth-order valence-corrected chi connectivity index (χ4v) is 1.86. The second-order valence-electron chi connectivity index (χ2n) is 4.18. The summed E-state index contributed by atoms with van der Waals surface area (Å²) in [6.45, 7) is 2.37. The van der Waals surface area contributed by atoms with Crippen molar-refractivity contribution in [3.8, 4) is 0 Å². The molecule has 0 aromatic carbocycles. The summed E-state index contributed by atoms with van der Waals surface area (Å²) >= 11 is 0. The lowest BCUT2D eigenvalue weighted by Crippen LogP contribution is -2.13. The number of nitrogens with two attached hydrogens (primary N) is 1. The van der Waals surface area contributed by atoms with Gasteiger partial charge >= 0.3 is 0 Å². The van der Waals surface area contributed by atoms with Crippen LogP contribution in [0.1, 0.15) is 11.7 Å². The molecule has 9 heteroatoms. The van der Waals surface area contributed by atoms with Gasteiger partial charge in [0, 0.05) is 32.3 Å². The predicted octanol–water partition coefficient (Wildman–Crippen LogP) is 0.361. The average Bonchev–Trinajstić information content (AvgIpc) is 3.07. The predicted molar refractivity (Wildman–Crippen MR) is 72.0 cm³/mol. The molecule has 0 saturated carbocycles. The fraction of sp³-hybridized carbons (Fsp3) is 0.273. The molecule has 3 aromatic rings. The molecule has 3 rings (SSSR count). The lowest BCUT2D eigenvalue weighted by molar-refractivity contribution is 0.387. The molecule has 0 saturated heterocycles. The van der Waals surface area contributed by atoms with Crippen molar-refractivity contribution in [2.45, 2.75) is 13.3 Å². The van der Waals surface area contributed by atoms with Gasteiger partial charge in [0.1, 0.15) is 0 Å². The first-order valence-corrected chi connectivity index (χ1v) is 6.09. The Labute approximate surface area is 114 Å². The number of fused-ring (bicyclic) bond motifs is 1. The number of hydrazine groups is 1. The second kappa shape index (κ2) is 5.13. The van der Waals surface area contributed by atoms with Crippen LogP contribution in [0.15, 0.2) is 23.1 Å². The summed E-state index contributed by atoms with van der Waals surface area (Å²) in [6.07, 6.45) is 5.92. The number of rotatable bonds is 5. The molecular formula is C11H14N8O. The Morgan fingerprint density at radius 3 is 3.05 bits per heavy atom. The zero-order chi connectivity index (χ0) is 13.9. The van der Waals surface area contributed by atoms with Crippen LogP contribution in [0.25, 0.3) is 5.65 Å². The molecule has 3 heterocycles. The zero-order valence-electron chi connectivity index (χ0n) is 10.9. The minimum absolute atomic E-state index is 0.549. The summed E-state index contributed by atoms with van der Waals surface area (Å²) in [7, 11) is 0. The first-order valence-electron chi connectivity index (χ1n) is 6.09. The van der Waals surface area contributed by atoms with Crippen LogP contribution in [-0.4, -0.2) is 31.1 Å². The van der Waals surface area contributed by atoms with Crippen LogP contribution in [0.5, 0.6) is 0 Å². The van der Waals surface area contributed by atoms with Gasteiger partial charge in [-0.1, -0.05) is 5.16 Å². The van der Waals surface area contributed by atoms with Gasteiger partial charge in [0.25, 0.3) is 0 Å². The molecule has 0 spiro atoms. The Morgan fingerprint density at radius 2 is 2.30 bits per heavy atom. The lowest BCUT2D eigenvalue weighted by atomic mass is 10.4. The topological polar surface area (TPSA) is 119 Å². The second-order valence-corrected chi connectivity index (χ2v) is 4.18. The molecule has 104 valence electrons. The minimum Gasteiger partial charge on any atom is -0.366 e. The molecule has 0 fully saturated rings. The van der Waals surface area contributed by atoms with Gasteiger partial charge in [-0.3, -0.25) is 0 Å². The Balaban J connectivity index is 1.74. The van der Waals surface area contributed by atoms with Crippen LogP contribution < -0.4 is 16.6 Å². The van der Waals surface area contributed by atoms with E-state index < -0.39 is 0 Å². The maximum atomic E-state index is 5.39. The van der Waals surface area contributed by atoms with Gasteiger partial charge in [0.05, 0.1) is 6.20 Å². The molecule has 0 atom stereocenters. The third-order valence-corrected chi connectivity index (χ3v) is 2.73. The van der Waals surface area contributed by atoms with E-state index in [-0.39, 0.29) is 0 Å². The third-order valence-electron chi connectivity index (χ3n) is 2.73. The Hall–Kier alpha value is -2.68. The first kappa shape index (κ1) is 12.4. The maximum Gasteiger partial charge on any atom is 0.223 e. The number of imidazole rings is 1. The number of anilines is 2. The zero-order valence-corrected chi connectivity index (χ0v) is 10.9. The number of nitrogen functional groups attached to an aromatic ring is 1. The highest BCUT2D eigenvalue weighted by Gasteiger charge is 2.07. The van der Waals surface area contributed by atoms with Crippen molar-refractivity contribution in [1.29, 1.82) is 0 Å². The summed E-state index contributed by atoms with van der Waals surface area (Å²) in [4.78, 5) is 12.7. The molecule has 0 aliphatic heterocycles. The van der Waals surface area contributed by atoms with Crippen LogP contribution in [-0.2, 0) is 6.42 Å². The third kappa shape index (κ3) is 2.38. The average molecular weight is 274 g/mol. The molecule has 0 amide bonds. The summed E-state index contributed by atoms with van der Waals surface area (Å²) in [5.74, 6) is 7.80. The van der Waals surface area contributed by atoms with Gasteiger partial charge in [-0.15, -0.1) is 0 Å². The first-order chi connectivity index (χ1) is 9.76. The van der Waals surface area contributed by atoms with Gasteiger partial charge < -0.3 is 19.7 Å². The number of nitrogens with zero attached hydrogens (tertiary/aromatic N) is 5. The van der Waals surface area contributed by atoms with Crippen LogP contribution >= 0.6 is 0 Å². The highest BCUT2D eigenvalue weighted by Crippen LogP contribution is 2.15. The van der Waals surface area contributed by atoms with E-state index in [0.717, 1.165) is 5.65 Å². The van der Waals surface area contributed by atoms with Crippen molar-refractivity contribution in [2.75, 3.05) is 17.3 Å². The molecule has 3 aromatic heterocycles. The molecular weight excluding hydrogens is 260 g/mol. The molecule has 0 bridgehead atoms. The Morgan fingerprint density at radius 1 is 1.40 bits per heavy atom. The minimum atomic E-state index is 0.549. The standard InChI is InChI=1S/C11H14N8O/c1-7-15-8(18-20-7)2-3-13-10-11-14-4-5-19(11)6-9(16-10)17-12/h4-6,17H,2-3,12H2,1H3,(H,13,16). The van der Waals surface area contributed by atoms with E-state index in [2.05, 4.69) is 30.9 Å². The number of hydrogen-bond acceptors (Lipinski definition) is 8. The van der Waals surface area contributed by atoms with Crippen molar-refractivity contribution in [1.82, 2.24) is 24.5 Å². The highest BCUT2D eigenvalue weighted by molar-refractivity contribution is 5.65. The van der Waals surface area contributed by atoms with Crippen LogP contribution in [0.3, 0.4) is 0 Å². The summed E-state index contributed by atoms with van der Waals surface area (Å²) in [5, 5.41) is 7.03. The van der Waals surface area contributed by atoms with E-state index in [1.807, 2.05) is 10.6 Å². The van der Waals surface area contributed by atoms with Gasteiger partial charge in [-0.2, -0.15) is 4.98 Å². The monoisotopic (exact) mass is 274 g/mol. The fourth-order valence-electron chi connectivity index (χ4n) is 1.86. The van der Waals surface area contributed by atoms with E-state index >= 15 is 0 Å². The summed E-state index contributed by atoms with van der Waals surface area (Å²) in [5.41, 5.74) is 3.25. The Kier molecular flexibility index (Phi) is 3.17. The summed E-state index contributed by atoms with van der Waals surface area (Å²) < 4.78 is 6.75. The largest absolute Gasteiger partial charge is 0.366 e. The smallest absolute Gasteiger partial charge is 0.223 e. The quantitative estimate of drug-likeness (QED) is 0.450. The van der Waals surface area contributed by atoms with Gasteiger partial charge in [0.2, 0.25) is 5.89 Å².